The molecular weight excluding hydrogens is 248 g/mol. The summed E-state index contributed by atoms with van der Waals surface area (Å²) in [6.45, 7) is 12.2. The number of thiol groups is 1. The fourth-order valence-electron chi connectivity index (χ4n) is 4.88. The van der Waals surface area contributed by atoms with Gasteiger partial charge in [-0.1, -0.05) is 41.0 Å². The summed E-state index contributed by atoms with van der Waals surface area (Å²) in [5.41, 5.74) is 1.09. The molecule has 2 aliphatic rings. The van der Waals surface area contributed by atoms with Crippen LogP contribution in [0.2, 0.25) is 0 Å². The molecule has 0 amide bonds. The highest BCUT2D eigenvalue weighted by Gasteiger charge is 2.42. The van der Waals surface area contributed by atoms with Crippen LogP contribution in [0.25, 0.3) is 0 Å². The van der Waals surface area contributed by atoms with Crippen molar-refractivity contribution in [2.75, 3.05) is 0 Å². The molecule has 0 bridgehead atoms. The number of rotatable bonds is 1. The predicted molar refractivity (Wildman–Crippen MR) is 88.9 cm³/mol. The van der Waals surface area contributed by atoms with Crippen LogP contribution in [0.1, 0.15) is 86.0 Å². The third-order valence-corrected chi connectivity index (χ3v) is 6.52. The Labute approximate surface area is 126 Å². The Hall–Kier alpha value is 0.350. The van der Waals surface area contributed by atoms with Crippen molar-refractivity contribution in [3.05, 3.63) is 0 Å². The molecule has 0 saturated heterocycles. The summed E-state index contributed by atoms with van der Waals surface area (Å²) in [5.74, 6) is 1.95. The highest BCUT2D eigenvalue weighted by atomic mass is 32.1. The zero-order valence-corrected chi connectivity index (χ0v) is 14.7. The highest BCUT2D eigenvalue weighted by molar-refractivity contribution is 7.81. The second kappa shape index (κ2) is 5.28. The summed E-state index contributed by atoms with van der Waals surface area (Å²) < 4.78 is 0.247. The third kappa shape index (κ3) is 3.93. The molecule has 2 saturated carbocycles. The van der Waals surface area contributed by atoms with Gasteiger partial charge in [0.1, 0.15) is 0 Å². The second-order valence-electron chi connectivity index (χ2n) is 9.01. The van der Waals surface area contributed by atoms with Gasteiger partial charge in [-0.15, -0.1) is 0 Å². The largest absolute Gasteiger partial charge is 0.173 e. The van der Waals surface area contributed by atoms with Crippen molar-refractivity contribution in [3.63, 3.8) is 0 Å². The fourth-order valence-corrected chi connectivity index (χ4v) is 5.39. The lowest BCUT2D eigenvalue weighted by Gasteiger charge is -2.49. The van der Waals surface area contributed by atoms with E-state index in [2.05, 4.69) is 34.6 Å². The van der Waals surface area contributed by atoms with Crippen LogP contribution in [0, 0.1) is 22.7 Å². The van der Waals surface area contributed by atoms with Crippen molar-refractivity contribution in [2.45, 2.75) is 90.7 Å². The molecule has 2 rings (SSSR count). The fraction of sp³-hybridized carbons (Fsp3) is 1.00. The first-order valence-electron chi connectivity index (χ1n) is 8.37. The van der Waals surface area contributed by atoms with Crippen molar-refractivity contribution in [3.8, 4) is 0 Å². The van der Waals surface area contributed by atoms with Crippen molar-refractivity contribution in [1.82, 2.24) is 0 Å². The van der Waals surface area contributed by atoms with Crippen LogP contribution < -0.4 is 0 Å². The summed E-state index contributed by atoms with van der Waals surface area (Å²) in [7, 11) is 0. The molecule has 0 spiro atoms. The monoisotopic (exact) mass is 282 g/mol. The second-order valence-corrected chi connectivity index (χ2v) is 10.1. The van der Waals surface area contributed by atoms with E-state index >= 15 is 0 Å². The van der Waals surface area contributed by atoms with Crippen molar-refractivity contribution < 1.29 is 0 Å². The molecule has 0 aromatic rings. The van der Waals surface area contributed by atoms with Crippen molar-refractivity contribution >= 4 is 12.6 Å². The van der Waals surface area contributed by atoms with Crippen LogP contribution >= 0.6 is 12.6 Å². The van der Waals surface area contributed by atoms with E-state index in [4.69, 9.17) is 12.6 Å². The normalized spacial score (nSPS) is 47.1. The van der Waals surface area contributed by atoms with Crippen LogP contribution in [0.3, 0.4) is 0 Å². The van der Waals surface area contributed by atoms with Gasteiger partial charge in [0.15, 0.2) is 0 Å². The minimum Gasteiger partial charge on any atom is -0.173 e. The average molecular weight is 283 g/mol. The van der Waals surface area contributed by atoms with Crippen LogP contribution in [0.5, 0.6) is 0 Å². The summed E-state index contributed by atoms with van der Waals surface area (Å²) in [6.07, 6.45) is 11.1. The molecule has 4 unspecified atom stereocenters. The van der Waals surface area contributed by atoms with E-state index < -0.39 is 0 Å². The zero-order valence-electron chi connectivity index (χ0n) is 13.8. The Morgan fingerprint density at radius 3 is 2.16 bits per heavy atom. The molecule has 0 aliphatic heterocycles. The Morgan fingerprint density at radius 1 is 0.947 bits per heavy atom. The molecular formula is C18H34S. The molecule has 0 nitrogen and oxygen atoms in total. The van der Waals surface area contributed by atoms with Crippen LogP contribution in [-0.2, 0) is 0 Å². The molecule has 2 fully saturated rings. The lowest BCUT2D eigenvalue weighted by atomic mass is 9.59. The topological polar surface area (TPSA) is 0 Å². The van der Waals surface area contributed by atoms with Crippen LogP contribution in [0.15, 0.2) is 0 Å². The first kappa shape index (κ1) is 15.7. The Kier molecular flexibility index (Phi) is 4.37. The van der Waals surface area contributed by atoms with Gasteiger partial charge in [0, 0.05) is 4.75 Å². The predicted octanol–water partition coefficient (Wildman–Crippen LogP) is 6.11. The van der Waals surface area contributed by atoms with Gasteiger partial charge in [0.05, 0.1) is 0 Å². The van der Waals surface area contributed by atoms with Gasteiger partial charge in [-0.3, -0.25) is 0 Å². The molecule has 0 N–H and O–H groups in total. The maximum Gasteiger partial charge on any atom is 0.0107 e. The van der Waals surface area contributed by atoms with Gasteiger partial charge in [-0.25, -0.2) is 0 Å². The van der Waals surface area contributed by atoms with Gasteiger partial charge in [0.2, 0.25) is 0 Å². The molecule has 0 radical (unpaired) electrons. The standard InChI is InChI=1S/C18H34S/c1-6-17(4)12-15-7-9-16(2,3)11-14(15)8-10-18(5,19)13-17/h14-15,19H,6-13H2,1-5H3. The summed E-state index contributed by atoms with van der Waals surface area (Å²) in [6, 6.07) is 0. The molecule has 2 aliphatic carbocycles. The van der Waals surface area contributed by atoms with Crippen molar-refractivity contribution in [2.24, 2.45) is 22.7 Å². The minimum absolute atomic E-state index is 0.247. The van der Waals surface area contributed by atoms with Gasteiger partial charge in [0.25, 0.3) is 0 Å². The maximum atomic E-state index is 5.00. The maximum absolute atomic E-state index is 5.00. The van der Waals surface area contributed by atoms with Crippen LogP contribution in [0.4, 0.5) is 0 Å². The summed E-state index contributed by atoms with van der Waals surface area (Å²) in [4.78, 5) is 0. The number of hydrogen-bond donors (Lipinski definition) is 1. The molecule has 19 heavy (non-hydrogen) atoms. The highest BCUT2D eigenvalue weighted by Crippen LogP contribution is 2.53. The van der Waals surface area contributed by atoms with E-state index in [-0.39, 0.29) is 4.75 Å². The number of fused-ring (bicyclic) bond motifs is 1. The van der Waals surface area contributed by atoms with Crippen molar-refractivity contribution in [1.29, 1.82) is 0 Å². The molecule has 112 valence electrons. The zero-order chi connectivity index (χ0) is 14.3. The molecule has 4 atom stereocenters. The summed E-state index contributed by atoms with van der Waals surface area (Å²) >= 11 is 5.00. The SMILES string of the molecule is CCC1(C)CC2CCC(C)(C)CC2CCC(C)(S)C1. The van der Waals surface area contributed by atoms with E-state index in [9.17, 15) is 0 Å². The quantitative estimate of drug-likeness (QED) is 0.551. The van der Waals surface area contributed by atoms with Gasteiger partial charge >= 0.3 is 0 Å². The average Bonchev–Trinajstić information content (AvgIpc) is 2.27. The summed E-state index contributed by atoms with van der Waals surface area (Å²) in [5, 5.41) is 0. The van der Waals surface area contributed by atoms with E-state index in [1.54, 1.807) is 0 Å². The van der Waals surface area contributed by atoms with E-state index in [0.29, 0.717) is 10.8 Å². The molecule has 1 heteroatoms. The smallest absolute Gasteiger partial charge is 0.0107 e. The lowest BCUT2D eigenvalue weighted by Crippen LogP contribution is -2.39. The third-order valence-electron chi connectivity index (χ3n) is 6.14. The first-order chi connectivity index (χ1) is 8.65. The number of hydrogen-bond acceptors (Lipinski definition) is 1. The Morgan fingerprint density at radius 2 is 1.53 bits per heavy atom. The molecule has 0 aromatic heterocycles. The van der Waals surface area contributed by atoms with Gasteiger partial charge < -0.3 is 0 Å². The Bertz CT molecular complexity index is 318. The lowest BCUT2D eigenvalue weighted by molar-refractivity contribution is 0.0479. The minimum atomic E-state index is 0.247. The van der Waals surface area contributed by atoms with Crippen LogP contribution in [-0.4, -0.2) is 4.75 Å². The van der Waals surface area contributed by atoms with E-state index in [1.807, 2.05) is 0 Å². The van der Waals surface area contributed by atoms with Gasteiger partial charge in [-0.05, 0) is 67.6 Å². The Balaban J connectivity index is 2.17. The molecule has 0 heterocycles. The first-order valence-corrected chi connectivity index (χ1v) is 8.82. The van der Waals surface area contributed by atoms with E-state index in [0.717, 1.165) is 11.8 Å². The molecule has 0 aromatic carbocycles. The van der Waals surface area contributed by atoms with Gasteiger partial charge in [-0.2, -0.15) is 12.6 Å². The van der Waals surface area contributed by atoms with E-state index in [1.165, 1.54) is 51.4 Å².